The van der Waals surface area contributed by atoms with E-state index < -0.39 is 11.0 Å². The van der Waals surface area contributed by atoms with Crippen LogP contribution in [0, 0.1) is 28.9 Å². The maximum Gasteiger partial charge on any atom is 0.408 e. The molecule has 1 heterocycles. The summed E-state index contributed by atoms with van der Waals surface area (Å²) in [6.45, 7) is 1.94. The number of nitro groups is 1. The Kier molecular flexibility index (Phi) is 5.86. The summed E-state index contributed by atoms with van der Waals surface area (Å²) in [6, 6.07) is 10.7. The Morgan fingerprint density at radius 2 is 2.12 bits per heavy atom. The van der Waals surface area contributed by atoms with Crippen LogP contribution in [0.25, 0.3) is 0 Å². The van der Waals surface area contributed by atoms with E-state index in [4.69, 9.17) is 4.74 Å². The van der Waals surface area contributed by atoms with Gasteiger partial charge in [-0.3, -0.25) is 15.1 Å². The first-order valence-electron chi connectivity index (χ1n) is 7.10. The predicted octanol–water partition coefficient (Wildman–Crippen LogP) is 2.58. The Morgan fingerprint density at radius 1 is 1.38 bits per heavy atom. The molecule has 0 aliphatic heterocycles. The van der Waals surface area contributed by atoms with Gasteiger partial charge >= 0.3 is 6.09 Å². The number of pyridine rings is 1. The molecule has 0 bridgehead atoms. The third-order valence-electron chi connectivity index (χ3n) is 3.04. The summed E-state index contributed by atoms with van der Waals surface area (Å²) in [6.07, 6.45) is 0.599. The molecular formula is C17H15N3O4. The van der Waals surface area contributed by atoms with Crippen molar-refractivity contribution in [2.24, 2.45) is 0 Å². The second kappa shape index (κ2) is 8.29. The van der Waals surface area contributed by atoms with E-state index in [2.05, 4.69) is 22.1 Å². The summed E-state index contributed by atoms with van der Waals surface area (Å²) in [5.74, 6) is 5.46. The molecule has 1 amide bonds. The Morgan fingerprint density at radius 3 is 2.83 bits per heavy atom. The van der Waals surface area contributed by atoms with Gasteiger partial charge in [0.25, 0.3) is 5.69 Å². The lowest BCUT2D eigenvalue weighted by molar-refractivity contribution is -0.385. The molecule has 7 nitrogen and oxygen atoms in total. The molecule has 0 radical (unpaired) electrons. The molecule has 0 unspecified atom stereocenters. The minimum Gasteiger partial charge on any atom is -0.445 e. The van der Waals surface area contributed by atoms with Crippen LogP contribution < -0.4 is 5.32 Å². The minimum absolute atomic E-state index is 0.0652. The van der Waals surface area contributed by atoms with Gasteiger partial charge in [0.15, 0.2) is 0 Å². The summed E-state index contributed by atoms with van der Waals surface area (Å²) < 4.78 is 5.04. The lowest BCUT2D eigenvalue weighted by atomic mass is 10.2. The van der Waals surface area contributed by atoms with Gasteiger partial charge in [-0.2, -0.15) is 0 Å². The molecule has 0 fully saturated rings. The molecule has 0 aliphatic rings. The number of rotatable bonds is 4. The highest BCUT2D eigenvalue weighted by molar-refractivity contribution is 5.67. The van der Waals surface area contributed by atoms with Crippen LogP contribution in [-0.2, 0) is 11.3 Å². The van der Waals surface area contributed by atoms with E-state index in [0.29, 0.717) is 11.3 Å². The van der Waals surface area contributed by atoms with E-state index in [1.54, 1.807) is 6.92 Å². The minimum atomic E-state index is -0.581. The highest BCUT2D eigenvalue weighted by atomic mass is 16.6. The summed E-state index contributed by atoms with van der Waals surface area (Å²) >= 11 is 0. The van der Waals surface area contributed by atoms with Crippen molar-refractivity contribution in [3.8, 4) is 11.8 Å². The Bertz CT molecular complexity index is 794. The van der Waals surface area contributed by atoms with Crippen molar-refractivity contribution in [1.29, 1.82) is 0 Å². The molecular weight excluding hydrogens is 310 g/mol. The lowest BCUT2D eigenvalue weighted by Crippen LogP contribution is -2.24. The number of aryl methyl sites for hydroxylation is 1. The topological polar surface area (TPSA) is 94.4 Å². The number of nitrogens with zero attached hydrogens (tertiary/aromatic N) is 2. The zero-order valence-electron chi connectivity index (χ0n) is 13.0. The highest BCUT2D eigenvalue weighted by Gasteiger charge is 2.08. The SMILES string of the molecule is Cc1ncc([N+](=O)[O-])cc1C#CCNC(=O)OCc1ccccc1. The van der Waals surface area contributed by atoms with E-state index in [1.165, 1.54) is 12.3 Å². The fourth-order valence-corrected chi connectivity index (χ4v) is 1.78. The average Bonchev–Trinajstić information content (AvgIpc) is 2.59. The number of benzene rings is 1. The maximum absolute atomic E-state index is 11.5. The number of nitrogens with one attached hydrogen (secondary N) is 1. The largest absolute Gasteiger partial charge is 0.445 e. The smallest absolute Gasteiger partial charge is 0.408 e. The first-order chi connectivity index (χ1) is 11.6. The van der Waals surface area contributed by atoms with Gasteiger partial charge in [0.05, 0.1) is 22.7 Å². The molecule has 2 aromatic rings. The Labute approximate surface area is 138 Å². The van der Waals surface area contributed by atoms with Crippen LogP contribution in [0.3, 0.4) is 0 Å². The van der Waals surface area contributed by atoms with E-state index in [0.717, 1.165) is 5.56 Å². The van der Waals surface area contributed by atoms with Crippen molar-refractivity contribution in [2.45, 2.75) is 13.5 Å². The van der Waals surface area contributed by atoms with Gasteiger partial charge in [0, 0.05) is 6.07 Å². The fourth-order valence-electron chi connectivity index (χ4n) is 1.78. The number of amides is 1. The Hall–Kier alpha value is -3.40. The van der Waals surface area contributed by atoms with E-state index in [9.17, 15) is 14.9 Å². The fraction of sp³-hybridized carbons (Fsp3) is 0.176. The van der Waals surface area contributed by atoms with Crippen molar-refractivity contribution in [2.75, 3.05) is 6.54 Å². The zero-order valence-corrected chi connectivity index (χ0v) is 13.0. The van der Waals surface area contributed by atoms with Gasteiger partial charge in [-0.15, -0.1) is 0 Å². The second-order valence-electron chi connectivity index (χ2n) is 4.80. The van der Waals surface area contributed by atoms with Crippen LogP contribution in [0.5, 0.6) is 0 Å². The predicted molar refractivity (Wildman–Crippen MR) is 87.1 cm³/mol. The van der Waals surface area contributed by atoms with Crippen LogP contribution in [0.4, 0.5) is 10.5 Å². The van der Waals surface area contributed by atoms with Crippen molar-refractivity contribution >= 4 is 11.8 Å². The summed E-state index contributed by atoms with van der Waals surface area (Å²) in [7, 11) is 0. The maximum atomic E-state index is 11.5. The Balaban J connectivity index is 1.84. The number of hydrogen-bond acceptors (Lipinski definition) is 5. The normalized spacial score (nSPS) is 9.54. The number of alkyl carbamates (subject to hydrolysis) is 1. The number of aromatic nitrogens is 1. The van der Waals surface area contributed by atoms with Crippen molar-refractivity contribution in [1.82, 2.24) is 10.3 Å². The molecule has 0 spiro atoms. The van der Waals surface area contributed by atoms with Crippen LogP contribution >= 0.6 is 0 Å². The molecule has 0 saturated carbocycles. The summed E-state index contributed by atoms with van der Waals surface area (Å²) in [5.41, 5.74) is 1.79. The second-order valence-corrected chi connectivity index (χ2v) is 4.80. The number of ether oxygens (including phenoxy) is 1. The van der Waals surface area contributed by atoms with Gasteiger partial charge < -0.3 is 10.1 Å². The quantitative estimate of drug-likeness (QED) is 0.529. The van der Waals surface area contributed by atoms with Crippen LogP contribution in [0.2, 0.25) is 0 Å². The molecule has 2 rings (SSSR count). The molecule has 1 N–H and O–H groups in total. The zero-order chi connectivity index (χ0) is 17.4. The third-order valence-corrected chi connectivity index (χ3v) is 3.04. The molecule has 0 atom stereocenters. The van der Waals surface area contributed by atoms with Crippen molar-refractivity contribution in [3.63, 3.8) is 0 Å². The van der Waals surface area contributed by atoms with Gasteiger partial charge in [-0.05, 0) is 12.5 Å². The first kappa shape index (κ1) is 17.0. The van der Waals surface area contributed by atoms with E-state index in [-0.39, 0.29) is 18.8 Å². The molecule has 122 valence electrons. The van der Waals surface area contributed by atoms with Gasteiger partial charge in [-0.25, -0.2) is 4.79 Å². The number of hydrogen-bond donors (Lipinski definition) is 1. The summed E-state index contributed by atoms with van der Waals surface area (Å²) in [5, 5.41) is 13.2. The standard InChI is InChI=1S/C17H15N3O4/c1-13-15(10-16(11-19-13)20(22)23)8-5-9-18-17(21)24-12-14-6-3-2-4-7-14/h2-4,6-7,10-11H,9,12H2,1H3,(H,18,21). The monoisotopic (exact) mass is 325 g/mol. The van der Waals surface area contributed by atoms with Gasteiger partial charge in [-0.1, -0.05) is 42.2 Å². The van der Waals surface area contributed by atoms with Crippen LogP contribution in [0.15, 0.2) is 42.6 Å². The lowest BCUT2D eigenvalue weighted by Gasteiger charge is -2.04. The van der Waals surface area contributed by atoms with Gasteiger partial charge in [0.2, 0.25) is 0 Å². The van der Waals surface area contributed by atoms with Gasteiger partial charge in [0.1, 0.15) is 12.8 Å². The van der Waals surface area contributed by atoms with Crippen molar-refractivity contribution < 1.29 is 14.5 Å². The van der Waals surface area contributed by atoms with Crippen LogP contribution in [-0.4, -0.2) is 22.5 Å². The molecule has 1 aromatic carbocycles. The first-order valence-corrected chi connectivity index (χ1v) is 7.10. The molecule has 0 saturated heterocycles. The van der Waals surface area contributed by atoms with E-state index >= 15 is 0 Å². The highest BCUT2D eigenvalue weighted by Crippen LogP contribution is 2.13. The van der Waals surface area contributed by atoms with E-state index in [1.807, 2.05) is 30.3 Å². The molecule has 0 aliphatic carbocycles. The average molecular weight is 325 g/mol. The molecule has 7 heteroatoms. The molecule has 24 heavy (non-hydrogen) atoms. The van der Waals surface area contributed by atoms with Crippen molar-refractivity contribution in [3.05, 3.63) is 69.5 Å². The van der Waals surface area contributed by atoms with Crippen LogP contribution in [0.1, 0.15) is 16.8 Å². The third kappa shape index (κ3) is 5.10. The number of carbonyl (C=O) groups is 1. The summed E-state index contributed by atoms with van der Waals surface area (Å²) in [4.78, 5) is 25.6. The molecule has 1 aromatic heterocycles. The number of carbonyl (C=O) groups excluding carboxylic acids is 1.